The topological polar surface area (TPSA) is 15.3 Å². The molecule has 1 aliphatic heterocycles. The number of benzene rings is 1. The van der Waals surface area contributed by atoms with Gasteiger partial charge in [-0.2, -0.15) is 0 Å². The molecule has 1 aliphatic rings. The third-order valence-corrected chi connectivity index (χ3v) is 3.46. The number of likely N-dealkylation sites (tertiary alicyclic amines) is 1. The van der Waals surface area contributed by atoms with Crippen LogP contribution in [-0.2, 0) is 6.54 Å². The van der Waals surface area contributed by atoms with E-state index < -0.39 is 0 Å². The van der Waals surface area contributed by atoms with E-state index in [0.717, 1.165) is 25.2 Å². The monoisotopic (exact) mass is 292 g/mol. The van der Waals surface area contributed by atoms with E-state index in [4.69, 9.17) is 11.6 Å². The van der Waals surface area contributed by atoms with E-state index in [1.165, 1.54) is 18.9 Å². The molecule has 2 nitrogen and oxygen atoms in total. The van der Waals surface area contributed by atoms with Gasteiger partial charge in [0.15, 0.2) is 0 Å². The first-order valence-corrected chi connectivity index (χ1v) is 6.40. The molecular weight excluding hydrogens is 274 g/mol. The minimum Gasteiger partial charge on any atom is -0.316 e. The molecule has 102 valence electrons. The van der Waals surface area contributed by atoms with E-state index in [2.05, 4.69) is 10.2 Å². The van der Waals surface area contributed by atoms with Crippen LogP contribution in [0.4, 0.5) is 4.39 Å². The number of hydrogen-bond acceptors (Lipinski definition) is 2. The number of hydrogen-bond donors (Lipinski definition) is 1. The Kier molecular flexibility index (Phi) is 6.36. The summed E-state index contributed by atoms with van der Waals surface area (Å²) < 4.78 is 13.2. The molecule has 0 aromatic heterocycles. The highest BCUT2D eigenvalue weighted by molar-refractivity contribution is 6.30. The fraction of sp³-hybridized carbons (Fsp3) is 0.538. The molecule has 1 atom stereocenters. The third kappa shape index (κ3) is 4.39. The zero-order chi connectivity index (χ0) is 12.3. The molecule has 5 heteroatoms. The Morgan fingerprint density at radius 3 is 2.89 bits per heavy atom. The molecule has 1 aromatic carbocycles. The van der Waals surface area contributed by atoms with Crippen LogP contribution in [0.15, 0.2) is 18.2 Å². The van der Waals surface area contributed by atoms with Crippen LogP contribution in [0.3, 0.4) is 0 Å². The average molecular weight is 293 g/mol. The van der Waals surface area contributed by atoms with Crippen LogP contribution in [0, 0.1) is 5.82 Å². The van der Waals surface area contributed by atoms with Crippen molar-refractivity contribution in [2.45, 2.75) is 25.4 Å². The first-order chi connectivity index (χ1) is 8.17. The number of nitrogens with zero attached hydrogens (tertiary/aromatic N) is 1. The molecule has 1 saturated heterocycles. The molecular formula is C13H19Cl2FN2. The second-order valence-electron chi connectivity index (χ2n) is 4.64. The van der Waals surface area contributed by atoms with Crippen molar-refractivity contribution in [1.82, 2.24) is 10.2 Å². The number of rotatable bonds is 3. The molecule has 1 aromatic rings. The van der Waals surface area contributed by atoms with Crippen molar-refractivity contribution in [2.75, 3.05) is 20.1 Å². The molecule has 0 radical (unpaired) electrons. The first-order valence-electron chi connectivity index (χ1n) is 6.02. The molecule has 0 amide bonds. The summed E-state index contributed by atoms with van der Waals surface area (Å²) >= 11 is 5.85. The van der Waals surface area contributed by atoms with Crippen LogP contribution in [0.2, 0.25) is 5.02 Å². The van der Waals surface area contributed by atoms with Crippen molar-refractivity contribution in [3.8, 4) is 0 Å². The van der Waals surface area contributed by atoms with E-state index in [0.29, 0.717) is 11.1 Å². The lowest BCUT2D eigenvalue weighted by Gasteiger charge is -2.32. The Hall–Kier alpha value is -0.350. The van der Waals surface area contributed by atoms with Crippen molar-refractivity contribution in [2.24, 2.45) is 0 Å². The molecule has 1 heterocycles. The first kappa shape index (κ1) is 15.7. The standard InChI is InChI=1S/C13H18ClFN2.ClH/c1-16-13-3-2-4-17(9-13)8-10-5-11(14)7-12(15)6-10;/h5-7,13,16H,2-4,8-9H2,1H3;1H. The van der Waals surface area contributed by atoms with Crippen LogP contribution >= 0.6 is 24.0 Å². The van der Waals surface area contributed by atoms with Crippen molar-refractivity contribution < 1.29 is 4.39 Å². The SMILES string of the molecule is CNC1CCCN(Cc2cc(F)cc(Cl)c2)C1.Cl. The second-order valence-corrected chi connectivity index (χ2v) is 5.08. The Bertz CT molecular complexity index is 367. The van der Waals surface area contributed by atoms with Crippen LogP contribution in [0.1, 0.15) is 18.4 Å². The van der Waals surface area contributed by atoms with Crippen molar-refractivity contribution in [3.05, 3.63) is 34.6 Å². The third-order valence-electron chi connectivity index (χ3n) is 3.24. The van der Waals surface area contributed by atoms with Gasteiger partial charge >= 0.3 is 0 Å². The summed E-state index contributed by atoms with van der Waals surface area (Å²) in [6, 6.07) is 5.30. The quantitative estimate of drug-likeness (QED) is 0.921. The Morgan fingerprint density at radius 1 is 1.44 bits per heavy atom. The minimum atomic E-state index is -0.255. The smallest absolute Gasteiger partial charge is 0.125 e. The van der Waals surface area contributed by atoms with Gasteiger partial charge < -0.3 is 5.32 Å². The highest BCUT2D eigenvalue weighted by Crippen LogP contribution is 2.18. The van der Waals surface area contributed by atoms with Gasteiger partial charge in [0.25, 0.3) is 0 Å². The van der Waals surface area contributed by atoms with Gasteiger partial charge in [0.2, 0.25) is 0 Å². The van der Waals surface area contributed by atoms with E-state index >= 15 is 0 Å². The van der Waals surface area contributed by atoms with Crippen LogP contribution in [0.5, 0.6) is 0 Å². The minimum absolute atomic E-state index is 0. The zero-order valence-electron chi connectivity index (χ0n) is 10.5. The van der Waals surface area contributed by atoms with Crippen LogP contribution < -0.4 is 5.32 Å². The molecule has 0 bridgehead atoms. The highest BCUT2D eigenvalue weighted by Gasteiger charge is 2.18. The highest BCUT2D eigenvalue weighted by atomic mass is 35.5. The van der Waals surface area contributed by atoms with Gasteiger partial charge in [-0.15, -0.1) is 12.4 Å². The van der Waals surface area contributed by atoms with Gasteiger partial charge in [0.05, 0.1) is 0 Å². The van der Waals surface area contributed by atoms with Gasteiger partial charge in [-0.25, -0.2) is 4.39 Å². The van der Waals surface area contributed by atoms with Crippen LogP contribution in [-0.4, -0.2) is 31.1 Å². The van der Waals surface area contributed by atoms with E-state index in [1.54, 1.807) is 6.07 Å². The maximum atomic E-state index is 13.2. The molecule has 2 rings (SSSR count). The Labute approximate surface area is 119 Å². The summed E-state index contributed by atoms with van der Waals surface area (Å²) in [5.74, 6) is -0.255. The summed E-state index contributed by atoms with van der Waals surface area (Å²) in [4.78, 5) is 2.34. The lowest BCUT2D eigenvalue weighted by atomic mass is 10.1. The number of likely N-dealkylation sites (N-methyl/N-ethyl adjacent to an activating group) is 1. The summed E-state index contributed by atoms with van der Waals surface area (Å²) in [7, 11) is 1.99. The summed E-state index contributed by atoms with van der Waals surface area (Å²) in [6.07, 6.45) is 2.41. The largest absolute Gasteiger partial charge is 0.316 e. The van der Waals surface area contributed by atoms with E-state index in [9.17, 15) is 4.39 Å². The number of piperidine rings is 1. The van der Waals surface area contributed by atoms with Gasteiger partial charge in [0.1, 0.15) is 5.82 Å². The molecule has 1 unspecified atom stereocenters. The van der Waals surface area contributed by atoms with Crippen molar-refractivity contribution in [3.63, 3.8) is 0 Å². The molecule has 1 N–H and O–H groups in total. The lowest BCUT2D eigenvalue weighted by molar-refractivity contribution is 0.188. The number of halogens is 3. The predicted molar refractivity (Wildman–Crippen MR) is 76.0 cm³/mol. The Balaban J connectivity index is 0.00000162. The molecule has 0 spiro atoms. The van der Waals surface area contributed by atoms with E-state index in [-0.39, 0.29) is 18.2 Å². The summed E-state index contributed by atoms with van der Waals surface area (Å²) in [6.45, 7) is 2.87. The van der Waals surface area contributed by atoms with Gasteiger partial charge in [0, 0.05) is 24.2 Å². The summed E-state index contributed by atoms with van der Waals surface area (Å²) in [5.41, 5.74) is 0.951. The predicted octanol–water partition coefficient (Wildman–Crippen LogP) is 3.08. The fourth-order valence-corrected chi connectivity index (χ4v) is 2.64. The van der Waals surface area contributed by atoms with Crippen LogP contribution in [0.25, 0.3) is 0 Å². The zero-order valence-corrected chi connectivity index (χ0v) is 12.0. The van der Waals surface area contributed by atoms with Gasteiger partial charge in [-0.1, -0.05) is 11.6 Å². The second kappa shape index (κ2) is 7.29. The maximum absolute atomic E-state index is 13.2. The molecule has 0 aliphatic carbocycles. The number of nitrogens with one attached hydrogen (secondary N) is 1. The summed E-state index contributed by atoms with van der Waals surface area (Å²) in [5, 5.41) is 3.77. The molecule has 18 heavy (non-hydrogen) atoms. The molecule has 1 fully saturated rings. The maximum Gasteiger partial charge on any atom is 0.125 e. The van der Waals surface area contributed by atoms with Crippen molar-refractivity contribution >= 4 is 24.0 Å². The van der Waals surface area contributed by atoms with E-state index in [1.807, 2.05) is 13.1 Å². The van der Waals surface area contributed by atoms with Gasteiger partial charge in [-0.3, -0.25) is 4.90 Å². The fourth-order valence-electron chi connectivity index (χ4n) is 2.40. The molecule has 0 saturated carbocycles. The average Bonchev–Trinajstić information content (AvgIpc) is 2.28. The van der Waals surface area contributed by atoms with Crippen molar-refractivity contribution in [1.29, 1.82) is 0 Å². The normalized spacial score (nSPS) is 20.5. The van der Waals surface area contributed by atoms with Gasteiger partial charge in [-0.05, 0) is 50.2 Å². The lowest BCUT2D eigenvalue weighted by Crippen LogP contribution is -2.43. The Morgan fingerprint density at radius 2 is 2.22 bits per heavy atom.